The monoisotopic (exact) mass is 414 g/mol. The molecule has 0 aliphatic rings. The highest BCUT2D eigenvalue weighted by atomic mass is 32.2. The van der Waals surface area contributed by atoms with Crippen LogP contribution in [0.4, 0.5) is 0 Å². The number of benzene rings is 2. The van der Waals surface area contributed by atoms with Gasteiger partial charge in [-0.1, -0.05) is 42.1 Å². The third kappa shape index (κ3) is 3.17. The lowest BCUT2D eigenvalue weighted by Crippen LogP contribution is -2.20. The van der Waals surface area contributed by atoms with Crippen LogP contribution in [0.2, 0.25) is 0 Å². The lowest BCUT2D eigenvalue weighted by Gasteiger charge is -2.10. The smallest absolute Gasteiger partial charge is 0.261 e. The van der Waals surface area contributed by atoms with Crippen molar-refractivity contribution in [2.45, 2.75) is 17.8 Å². The molecular weight excluding hydrogens is 396 g/mol. The van der Waals surface area contributed by atoms with Crippen molar-refractivity contribution in [1.29, 1.82) is 0 Å². The van der Waals surface area contributed by atoms with Crippen molar-refractivity contribution in [2.75, 3.05) is 0 Å². The van der Waals surface area contributed by atoms with E-state index in [-0.39, 0.29) is 11.1 Å². The van der Waals surface area contributed by atoms with Crippen molar-refractivity contribution in [1.82, 2.24) is 18.9 Å². The second kappa shape index (κ2) is 7.11. The molecule has 3 heterocycles. The molecular formula is C23H18N4O2S. The minimum absolute atomic E-state index is 0.0877. The molecule has 5 aromatic rings. The molecule has 0 atom stereocenters. The average Bonchev–Trinajstić information content (AvgIpc) is 2.75. The molecule has 0 saturated heterocycles. The van der Waals surface area contributed by atoms with Crippen LogP contribution in [0.3, 0.4) is 0 Å². The van der Waals surface area contributed by atoms with Crippen LogP contribution in [0.1, 0.15) is 11.3 Å². The fourth-order valence-electron chi connectivity index (χ4n) is 3.54. The van der Waals surface area contributed by atoms with Gasteiger partial charge in [-0.15, -0.1) is 0 Å². The van der Waals surface area contributed by atoms with Crippen molar-refractivity contribution >= 4 is 39.1 Å². The summed E-state index contributed by atoms with van der Waals surface area (Å²) in [5.41, 5.74) is 2.72. The number of thioether (sulfide) groups is 1. The lowest BCUT2D eigenvalue weighted by molar-refractivity contribution is 0.726. The molecule has 0 spiro atoms. The summed E-state index contributed by atoms with van der Waals surface area (Å²) < 4.78 is 3.09. The Balaban J connectivity index is 1.54. The zero-order chi connectivity index (χ0) is 20.8. The Morgan fingerprint density at radius 2 is 1.73 bits per heavy atom. The molecule has 148 valence electrons. The summed E-state index contributed by atoms with van der Waals surface area (Å²) in [5, 5.41) is 3.24. The SMILES string of the molecule is Cc1ccc2nc(CSc3nc4cc5ccccc5cc4c(=O)n3C)cc(=O)n2c1. The minimum atomic E-state index is -0.119. The molecule has 0 unspecified atom stereocenters. The Morgan fingerprint density at radius 3 is 2.53 bits per heavy atom. The summed E-state index contributed by atoms with van der Waals surface area (Å²) in [6.07, 6.45) is 1.78. The third-order valence-corrected chi connectivity index (χ3v) is 6.18. The van der Waals surface area contributed by atoms with Crippen LogP contribution in [0.15, 0.2) is 75.5 Å². The zero-order valence-corrected chi connectivity index (χ0v) is 17.3. The predicted molar refractivity (Wildman–Crippen MR) is 120 cm³/mol. The van der Waals surface area contributed by atoms with Gasteiger partial charge in [-0.05, 0) is 41.5 Å². The first kappa shape index (κ1) is 18.6. The van der Waals surface area contributed by atoms with Crippen LogP contribution in [0, 0.1) is 6.92 Å². The van der Waals surface area contributed by atoms with E-state index in [4.69, 9.17) is 4.98 Å². The van der Waals surface area contributed by atoms with Crippen LogP contribution in [0.25, 0.3) is 27.3 Å². The number of nitrogens with zero attached hydrogens (tertiary/aromatic N) is 4. The first-order valence-corrected chi connectivity index (χ1v) is 10.5. The van der Waals surface area contributed by atoms with Crippen LogP contribution in [0.5, 0.6) is 0 Å². The molecule has 6 nitrogen and oxygen atoms in total. The van der Waals surface area contributed by atoms with E-state index in [0.29, 0.717) is 33.2 Å². The van der Waals surface area contributed by atoms with Gasteiger partial charge in [0.2, 0.25) is 0 Å². The molecule has 0 N–H and O–H groups in total. The first-order valence-electron chi connectivity index (χ1n) is 9.51. The number of aryl methyl sites for hydroxylation is 1. The number of aromatic nitrogens is 4. The van der Waals surface area contributed by atoms with Gasteiger partial charge < -0.3 is 0 Å². The number of rotatable bonds is 3. The first-order chi connectivity index (χ1) is 14.5. The van der Waals surface area contributed by atoms with Gasteiger partial charge in [0.25, 0.3) is 11.1 Å². The molecule has 30 heavy (non-hydrogen) atoms. The highest BCUT2D eigenvalue weighted by Gasteiger charge is 2.11. The van der Waals surface area contributed by atoms with E-state index in [9.17, 15) is 9.59 Å². The largest absolute Gasteiger partial charge is 0.290 e. The standard InChI is InChI=1S/C23H18N4O2S/c1-14-7-8-20-24-17(11-21(28)27(20)12-14)13-30-23-25-19-10-16-6-4-3-5-15(16)9-18(19)22(29)26(23)2/h3-12H,13H2,1-2H3. The van der Waals surface area contributed by atoms with Gasteiger partial charge in [0, 0.05) is 25.1 Å². The van der Waals surface area contributed by atoms with Gasteiger partial charge in [0.15, 0.2) is 5.16 Å². The van der Waals surface area contributed by atoms with Crippen LogP contribution < -0.4 is 11.1 Å². The van der Waals surface area contributed by atoms with Gasteiger partial charge in [-0.3, -0.25) is 18.6 Å². The summed E-state index contributed by atoms with van der Waals surface area (Å²) in [5.74, 6) is 0.443. The average molecular weight is 414 g/mol. The third-order valence-electron chi connectivity index (χ3n) is 5.11. The van der Waals surface area contributed by atoms with Gasteiger partial charge in [0.05, 0.1) is 16.6 Å². The van der Waals surface area contributed by atoms with Gasteiger partial charge in [0.1, 0.15) is 5.65 Å². The molecule has 0 saturated carbocycles. The van der Waals surface area contributed by atoms with E-state index in [1.165, 1.54) is 17.8 Å². The molecule has 0 radical (unpaired) electrons. The van der Waals surface area contributed by atoms with Gasteiger partial charge in [-0.2, -0.15) is 0 Å². The summed E-state index contributed by atoms with van der Waals surface area (Å²) in [7, 11) is 1.72. The number of fused-ring (bicyclic) bond motifs is 3. The number of pyridine rings is 1. The Bertz CT molecular complexity index is 1570. The Labute approximate surface area is 175 Å². The predicted octanol–water partition coefficient (Wildman–Crippen LogP) is 3.70. The molecule has 0 aliphatic carbocycles. The quantitative estimate of drug-likeness (QED) is 0.256. The van der Waals surface area contributed by atoms with Gasteiger partial charge >= 0.3 is 0 Å². The second-order valence-corrected chi connectivity index (χ2v) is 8.23. The molecule has 3 aromatic heterocycles. The van der Waals surface area contributed by atoms with Crippen molar-refractivity contribution in [2.24, 2.45) is 7.05 Å². The molecule has 0 aliphatic heterocycles. The second-order valence-electron chi connectivity index (χ2n) is 7.28. The van der Waals surface area contributed by atoms with E-state index < -0.39 is 0 Å². The Morgan fingerprint density at radius 1 is 0.967 bits per heavy atom. The normalized spacial score (nSPS) is 11.5. The van der Waals surface area contributed by atoms with E-state index in [2.05, 4.69) is 4.98 Å². The van der Waals surface area contributed by atoms with E-state index in [0.717, 1.165) is 16.3 Å². The van der Waals surface area contributed by atoms with Gasteiger partial charge in [-0.25, -0.2) is 9.97 Å². The molecule has 2 aromatic carbocycles. The van der Waals surface area contributed by atoms with E-state index in [1.54, 1.807) is 22.2 Å². The summed E-state index contributed by atoms with van der Waals surface area (Å²) >= 11 is 1.40. The minimum Gasteiger partial charge on any atom is -0.290 e. The van der Waals surface area contributed by atoms with E-state index in [1.807, 2.05) is 55.5 Å². The van der Waals surface area contributed by atoms with Crippen molar-refractivity contribution in [3.63, 3.8) is 0 Å². The fourth-order valence-corrected chi connectivity index (χ4v) is 4.40. The molecule has 5 rings (SSSR count). The maximum atomic E-state index is 12.9. The van der Waals surface area contributed by atoms with Crippen molar-refractivity contribution < 1.29 is 0 Å². The zero-order valence-electron chi connectivity index (χ0n) is 16.5. The van der Waals surface area contributed by atoms with E-state index >= 15 is 0 Å². The van der Waals surface area contributed by atoms with Crippen LogP contribution >= 0.6 is 11.8 Å². The van der Waals surface area contributed by atoms with Crippen molar-refractivity contribution in [3.8, 4) is 0 Å². The topological polar surface area (TPSA) is 69.3 Å². The molecule has 0 amide bonds. The molecule has 0 fully saturated rings. The Kier molecular flexibility index (Phi) is 4.40. The molecule has 0 bridgehead atoms. The van der Waals surface area contributed by atoms with Crippen LogP contribution in [-0.4, -0.2) is 18.9 Å². The number of hydrogen-bond acceptors (Lipinski definition) is 5. The van der Waals surface area contributed by atoms with Crippen LogP contribution in [-0.2, 0) is 12.8 Å². The highest BCUT2D eigenvalue weighted by Crippen LogP contribution is 2.24. The van der Waals surface area contributed by atoms with Crippen molar-refractivity contribution in [3.05, 3.63) is 92.8 Å². The molecule has 7 heteroatoms. The maximum absolute atomic E-state index is 12.9. The Hall–Kier alpha value is -3.45. The highest BCUT2D eigenvalue weighted by molar-refractivity contribution is 7.98. The summed E-state index contributed by atoms with van der Waals surface area (Å²) in [6, 6.07) is 17.1. The summed E-state index contributed by atoms with van der Waals surface area (Å²) in [4.78, 5) is 34.6. The lowest BCUT2D eigenvalue weighted by atomic mass is 10.1. The fraction of sp³-hybridized carbons (Fsp3) is 0.130. The maximum Gasteiger partial charge on any atom is 0.261 e. The summed E-state index contributed by atoms with van der Waals surface area (Å²) in [6.45, 7) is 1.94. The number of hydrogen-bond donors (Lipinski definition) is 0.